The summed E-state index contributed by atoms with van der Waals surface area (Å²) in [5.74, 6) is -2.45. The number of anilines is 2. The second-order valence-corrected chi connectivity index (χ2v) is 15.8. The van der Waals surface area contributed by atoms with Gasteiger partial charge in [-0.3, -0.25) is 27.8 Å². The molecule has 22 heteroatoms. The highest BCUT2D eigenvalue weighted by molar-refractivity contribution is 7.87. The van der Waals surface area contributed by atoms with Crippen molar-refractivity contribution in [3.8, 4) is 0 Å². The summed E-state index contributed by atoms with van der Waals surface area (Å²) in [6, 6.07) is 4.21. The fourth-order valence-corrected chi connectivity index (χ4v) is 6.68. The third-order valence-corrected chi connectivity index (χ3v) is 9.99. The van der Waals surface area contributed by atoms with Crippen LogP contribution in [0.2, 0.25) is 0 Å². The van der Waals surface area contributed by atoms with E-state index in [9.17, 15) is 61.5 Å². The van der Waals surface area contributed by atoms with Gasteiger partial charge in [0.2, 0.25) is 0 Å². The lowest BCUT2D eigenvalue weighted by molar-refractivity contribution is -0.118. The van der Waals surface area contributed by atoms with Crippen molar-refractivity contribution in [2.24, 2.45) is 16.1 Å². The van der Waals surface area contributed by atoms with Crippen molar-refractivity contribution in [3.05, 3.63) is 84.5 Å². The molecule has 2 aromatic carbocycles. The smallest absolute Gasteiger partial charge is 0.282 e. The van der Waals surface area contributed by atoms with Gasteiger partial charge < -0.3 is 0 Å². The standard InChI is InChI=1S/C27H24N4O14S4/c1-16-24(26(32)30(28-16)18-10-20(46(34,35)36)14-21(11-18)47(37,38)39)8-6-4-3-5-7-9-25-17(2)29-31(27(25)33)19-12-22(48(40,41)42)15-23(13-19)49(43,44)45/h3-15,24H,1-2H3,(H,34,35,36)(H,37,38,39)(H,40,41,42)(H,43,44,45)/b4-3+,7-5+,8-6+,25-9-. The van der Waals surface area contributed by atoms with Crippen LogP contribution < -0.4 is 10.0 Å². The van der Waals surface area contributed by atoms with Gasteiger partial charge in [0.1, 0.15) is 0 Å². The number of hydrazone groups is 2. The summed E-state index contributed by atoms with van der Waals surface area (Å²) < 4.78 is 131. The average Bonchev–Trinajstić information content (AvgIpc) is 3.43. The molecule has 0 radical (unpaired) electrons. The van der Waals surface area contributed by atoms with Crippen LogP contribution in [0.3, 0.4) is 0 Å². The third kappa shape index (κ3) is 8.49. The first-order valence-corrected chi connectivity index (χ1v) is 19.0. The summed E-state index contributed by atoms with van der Waals surface area (Å²) >= 11 is 0. The fraction of sp³-hybridized carbons (Fsp3) is 0.111. The van der Waals surface area contributed by atoms with Crippen LogP contribution in [0, 0.1) is 5.92 Å². The van der Waals surface area contributed by atoms with Crippen LogP contribution in [0.5, 0.6) is 0 Å². The molecule has 1 atom stereocenters. The zero-order valence-corrected chi connectivity index (χ0v) is 28.1. The number of allylic oxidation sites excluding steroid dienone is 6. The van der Waals surface area contributed by atoms with Gasteiger partial charge in [-0.2, -0.15) is 53.9 Å². The molecule has 1 unspecified atom stereocenters. The number of hydrogen-bond donors (Lipinski definition) is 4. The molecule has 2 aliphatic heterocycles. The SMILES string of the molecule is CC1=NN(c2cc(S(=O)(=O)O)cc(S(=O)(=O)O)c2)C(=O)\C1=C/C=C/C=C/C=C/C1C(=O)N(c2cc(S(=O)(=O)O)cc(S(=O)(=O)O)c2)N=C1C. The van der Waals surface area contributed by atoms with E-state index in [4.69, 9.17) is 0 Å². The Morgan fingerprint density at radius 2 is 1.00 bits per heavy atom. The van der Waals surface area contributed by atoms with Crippen molar-refractivity contribution in [2.75, 3.05) is 10.0 Å². The topological polar surface area (TPSA) is 283 Å². The maximum Gasteiger partial charge on any atom is 0.294 e. The van der Waals surface area contributed by atoms with Gasteiger partial charge in [-0.15, -0.1) is 0 Å². The molecule has 0 saturated heterocycles. The highest BCUT2D eigenvalue weighted by Gasteiger charge is 2.34. The molecule has 4 rings (SSSR count). The molecule has 2 amide bonds. The van der Waals surface area contributed by atoms with E-state index in [1.165, 1.54) is 56.4 Å². The second-order valence-electron chi connectivity index (χ2n) is 10.1. The van der Waals surface area contributed by atoms with E-state index in [2.05, 4.69) is 10.2 Å². The number of carbonyl (C=O) groups is 2. The lowest BCUT2D eigenvalue weighted by Crippen LogP contribution is -2.26. The number of benzene rings is 2. The van der Waals surface area contributed by atoms with Crippen molar-refractivity contribution < 1.29 is 61.5 Å². The molecule has 2 heterocycles. The van der Waals surface area contributed by atoms with Crippen LogP contribution >= 0.6 is 0 Å². The van der Waals surface area contributed by atoms with E-state index in [1.807, 2.05) is 0 Å². The Hall–Kier alpha value is -4.68. The average molecular weight is 757 g/mol. The molecule has 0 spiro atoms. The van der Waals surface area contributed by atoms with E-state index < -0.39 is 77.8 Å². The summed E-state index contributed by atoms with van der Waals surface area (Å²) in [6.07, 6.45) is 10.2. The number of carbonyl (C=O) groups excluding carboxylic acids is 2. The van der Waals surface area contributed by atoms with Crippen molar-refractivity contribution in [3.63, 3.8) is 0 Å². The predicted octanol–water partition coefficient (Wildman–Crippen LogP) is 2.03. The largest absolute Gasteiger partial charge is 0.294 e. The molecule has 0 aliphatic carbocycles. The van der Waals surface area contributed by atoms with Crippen LogP contribution in [0.25, 0.3) is 0 Å². The maximum atomic E-state index is 13.0. The predicted molar refractivity (Wildman–Crippen MR) is 172 cm³/mol. The molecule has 4 N–H and O–H groups in total. The Morgan fingerprint density at radius 3 is 1.45 bits per heavy atom. The van der Waals surface area contributed by atoms with Crippen molar-refractivity contribution in [1.29, 1.82) is 0 Å². The summed E-state index contributed by atoms with van der Waals surface area (Å²) in [7, 11) is -19.7. The number of amides is 2. The van der Waals surface area contributed by atoms with Crippen LogP contribution in [-0.4, -0.2) is 75.1 Å². The fourth-order valence-electron chi connectivity index (χ4n) is 4.34. The Morgan fingerprint density at radius 1 is 0.592 bits per heavy atom. The van der Waals surface area contributed by atoms with Gasteiger partial charge >= 0.3 is 0 Å². The van der Waals surface area contributed by atoms with Crippen molar-refractivity contribution >= 4 is 75.1 Å². The number of hydrogen-bond acceptors (Lipinski definition) is 12. The quantitative estimate of drug-likeness (QED) is 0.153. The van der Waals surface area contributed by atoms with Crippen LogP contribution in [0.15, 0.2) is 114 Å². The lowest BCUT2D eigenvalue weighted by Gasteiger charge is -2.15. The molecule has 0 aromatic heterocycles. The Kier molecular flexibility index (Phi) is 10.1. The van der Waals surface area contributed by atoms with Crippen LogP contribution in [-0.2, 0) is 50.1 Å². The molecule has 2 aromatic rings. The van der Waals surface area contributed by atoms with Gasteiger partial charge in [0.05, 0.1) is 53.9 Å². The first kappa shape index (κ1) is 37.1. The molecule has 2 aliphatic rings. The highest BCUT2D eigenvalue weighted by atomic mass is 32.2. The molecule has 0 fully saturated rings. The lowest BCUT2D eigenvalue weighted by atomic mass is 10.0. The summed E-state index contributed by atoms with van der Waals surface area (Å²) in [6.45, 7) is 2.92. The van der Waals surface area contributed by atoms with E-state index in [0.29, 0.717) is 17.1 Å². The van der Waals surface area contributed by atoms with Gasteiger partial charge in [0, 0.05) is 0 Å². The number of nitrogens with zero attached hydrogens (tertiary/aromatic N) is 4. The maximum absolute atomic E-state index is 13.0. The summed E-state index contributed by atoms with van der Waals surface area (Å²) in [5.41, 5.74) is -0.282. The molecular weight excluding hydrogens is 733 g/mol. The van der Waals surface area contributed by atoms with Gasteiger partial charge in [-0.05, 0) is 56.3 Å². The van der Waals surface area contributed by atoms with E-state index in [1.54, 1.807) is 0 Å². The minimum Gasteiger partial charge on any atom is -0.282 e. The van der Waals surface area contributed by atoms with Gasteiger partial charge in [0.25, 0.3) is 52.3 Å². The second kappa shape index (κ2) is 13.3. The molecule has 0 saturated carbocycles. The van der Waals surface area contributed by atoms with Crippen LogP contribution in [0.1, 0.15) is 13.8 Å². The first-order valence-electron chi connectivity index (χ1n) is 13.2. The monoisotopic (exact) mass is 756 g/mol. The normalized spacial score (nSPS) is 18.9. The van der Waals surface area contributed by atoms with E-state index in [0.717, 1.165) is 29.3 Å². The molecule has 18 nitrogen and oxygen atoms in total. The summed E-state index contributed by atoms with van der Waals surface area (Å²) in [5, 5.41) is 9.44. The Labute approximate surface area is 279 Å². The summed E-state index contributed by atoms with van der Waals surface area (Å²) in [4.78, 5) is 22.4. The highest BCUT2D eigenvalue weighted by Crippen LogP contribution is 2.31. The van der Waals surface area contributed by atoms with Crippen molar-refractivity contribution in [1.82, 2.24) is 0 Å². The first-order chi connectivity index (χ1) is 22.5. The Balaban J connectivity index is 1.48. The van der Waals surface area contributed by atoms with Crippen LogP contribution in [0.4, 0.5) is 11.4 Å². The Bertz CT molecular complexity index is 2310. The zero-order chi connectivity index (χ0) is 36.7. The number of rotatable bonds is 10. The van der Waals surface area contributed by atoms with Crippen molar-refractivity contribution in [2.45, 2.75) is 33.4 Å². The van der Waals surface area contributed by atoms with Gasteiger partial charge in [-0.1, -0.05) is 36.5 Å². The molecule has 260 valence electrons. The third-order valence-electron chi connectivity index (χ3n) is 6.67. The molecular formula is C27H24N4O14S4. The molecule has 49 heavy (non-hydrogen) atoms. The minimum absolute atomic E-state index is 0.0320. The van der Waals surface area contributed by atoms with Gasteiger partial charge in [0.15, 0.2) is 0 Å². The molecule has 0 bridgehead atoms. The zero-order valence-electron chi connectivity index (χ0n) is 24.9. The van der Waals surface area contributed by atoms with E-state index >= 15 is 0 Å². The van der Waals surface area contributed by atoms with Gasteiger partial charge in [-0.25, -0.2) is 0 Å². The van der Waals surface area contributed by atoms with E-state index in [-0.39, 0.29) is 28.4 Å². The minimum atomic E-state index is -4.93.